The summed E-state index contributed by atoms with van der Waals surface area (Å²) in [5.74, 6) is -1.19. The number of carbonyl (C=O) groups excluding carboxylic acids is 2. The molecule has 4 nitrogen and oxygen atoms in total. The van der Waals surface area contributed by atoms with Crippen LogP contribution < -0.4 is 0 Å². The molecule has 1 atom stereocenters. The molecule has 0 aromatic heterocycles. The van der Waals surface area contributed by atoms with Crippen LogP contribution in [0.3, 0.4) is 0 Å². The van der Waals surface area contributed by atoms with Crippen LogP contribution in [0.5, 0.6) is 0 Å². The molecular formula is C11H18O4. The van der Waals surface area contributed by atoms with Gasteiger partial charge in [0.2, 0.25) is 5.60 Å². The van der Waals surface area contributed by atoms with E-state index in [-0.39, 0.29) is 6.10 Å². The molecule has 0 radical (unpaired) electrons. The summed E-state index contributed by atoms with van der Waals surface area (Å²) in [6, 6.07) is 0. The first kappa shape index (κ1) is 13.7. The van der Waals surface area contributed by atoms with Crippen LogP contribution in [0, 0.1) is 0 Å². The molecule has 0 heterocycles. The molecule has 0 aromatic rings. The zero-order valence-corrected chi connectivity index (χ0v) is 9.70. The van der Waals surface area contributed by atoms with Crippen molar-refractivity contribution in [1.29, 1.82) is 0 Å². The molecule has 0 bridgehead atoms. The van der Waals surface area contributed by atoms with Crippen LogP contribution in [0.4, 0.5) is 0 Å². The van der Waals surface area contributed by atoms with E-state index in [2.05, 4.69) is 6.58 Å². The summed E-state index contributed by atoms with van der Waals surface area (Å²) in [7, 11) is 0. The summed E-state index contributed by atoms with van der Waals surface area (Å²) in [5, 5.41) is 0. The lowest BCUT2D eigenvalue weighted by atomic mass is 10.1. The van der Waals surface area contributed by atoms with Gasteiger partial charge in [-0.1, -0.05) is 13.5 Å². The summed E-state index contributed by atoms with van der Waals surface area (Å²) in [4.78, 5) is 22.5. The van der Waals surface area contributed by atoms with E-state index in [1.807, 2.05) is 6.92 Å². The van der Waals surface area contributed by atoms with Crippen molar-refractivity contribution >= 4 is 11.9 Å². The third kappa shape index (κ3) is 4.63. The fraction of sp³-hybridized carbons (Fsp3) is 0.636. The van der Waals surface area contributed by atoms with Crippen LogP contribution in [0.15, 0.2) is 12.7 Å². The predicted octanol–water partition coefficient (Wildman–Crippen LogP) is 1.84. The van der Waals surface area contributed by atoms with Crippen LogP contribution in [0.1, 0.15) is 34.1 Å². The molecule has 0 aliphatic rings. The van der Waals surface area contributed by atoms with E-state index in [4.69, 9.17) is 9.47 Å². The van der Waals surface area contributed by atoms with Crippen molar-refractivity contribution in [3.05, 3.63) is 12.7 Å². The molecule has 0 aromatic carbocycles. The first-order chi connectivity index (χ1) is 6.83. The van der Waals surface area contributed by atoms with Gasteiger partial charge in [0.05, 0.1) is 6.10 Å². The van der Waals surface area contributed by atoms with Gasteiger partial charge in [-0.05, 0) is 27.2 Å². The Hall–Kier alpha value is -1.32. The second kappa shape index (κ2) is 5.53. The van der Waals surface area contributed by atoms with E-state index in [9.17, 15) is 9.59 Å². The molecule has 86 valence electrons. The maximum atomic E-state index is 11.6. The Morgan fingerprint density at radius 3 is 2.40 bits per heavy atom. The molecule has 0 saturated carbocycles. The van der Waals surface area contributed by atoms with Crippen LogP contribution in [-0.4, -0.2) is 23.6 Å². The van der Waals surface area contributed by atoms with Crippen molar-refractivity contribution < 1.29 is 19.1 Å². The fourth-order valence-corrected chi connectivity index (χ4v) is 0.743. The minimum atomic E-state index is -1.27. The van der Waals surface area contributed by atoms with Gasteiger partial charge < -0.3 is 9.47 Å². The largest absolute Gasteiger partial charge is 0.460 e. The molecule has 0 saturated heterocycles. The minimum Gasteiger partial charge on any atom is -0.460 e. The number of hydrogen-bond acceptors (Lipinski definition) is 4. The maximum absolute atomic E-state index is 11.6. The first-order valence-electron chi connectivity index (χ1n) is 4.90. The van der Waals surface area contributed by atoms with Crippen LogP contribution in [0.25, 0.3) is 0 Å². The van der Waals surface area contributed by atoms with Gasteiger partial charge >= 0.3 is 11.9 Å². The number of carbonyl (C=O) groups is 2. The van der Waals surface area contributed by atoms with E-state index in [1.54, 1.807) is 6.92 Å². The number of esters is 2. The molecule has 0 fully saturated rings. The molecule has 0 aliphatic carbocycles. The predicted molar refractivity (Wildman–Crippen MR) is 56.2 cm³/mol. The lowest BCUT2D eigenvalue weighted by Gasteiger charge is -2.24. The summed E-state index contributed by atoms with van der Waals surface area (Å²) in [6.45, 7) is 9.91. The Morgan fingerprint density at radius 2 is 2.00 bits per heavy atom. The van der Waals surface area contributed by atoms with Crippen LogP contribution in [-0.2, 0) is 19.1 Å². The first-order valence-corrected chi connectivity index (χ1v) is 4.90. The molecule has 15 heavy (non-hydrogen) atoms. The Morgan fingerprint density at radius 1 is 1.47 bits per heavy atom. The van der Waals surface area contributed by atoms with E-state index in [0.717, 1.165) is 12.5 Å². The number of rotatable bonds is 5. The van der Waals surface area contributed by atoms with E-state index >= 15 is 0 Å². The fourth-order valence-electron chi connectivity index (χ4n) is 0.743. The van der Waals surface area contributed by atoms with Gasteiger partial charge in [0.25, 0.3) is 0 Å². The molecule has 0 amide bonds. The van der Waals surface area contributed by atoms with Crippen LogP contribution >= 0.6 is 0 Å². The molecule has 0 spiro atoms. The number of ether oxygens (including phenoxy) is 2. The van der Waals surface area contributed by atoms with Crippen molar-refractivity contribution in [3.8, 4) is 0 Å². The highest BCUT2D eigenvalue weighted by Crippen LogP contribution is 2.14. The van der Waals surface area contributed by atoms with E-state index in [1.165, 1.54) is 13.8 Å². The quantitative estimate of drug-likeness (QED) is 0.517. The van der Waals surface area contributed by atoms with Gasteiger partial charge in [0, 0.05) is 6.08 Å². The average molecular weight is 214 g/mol. The summed E-state index contributed by atoms with van der Waals surface area (Å²) >= 11 is 0. The zero-order chi connectivity index (χ0) is 12.1. The maximum Gasteiger partial charge on any atom is 0.350 e. The van der Waals surface area contributed by atoms with Gasteiger partial charge in [-0.3, -0.25) is 0 Å². The Kier molecular flexibility index (Phi) is 5.05. The van der Waals surface area contributed by atoms with Crippen molar-refractivity contribution in [3.63, 3.8) is 0 Å². The third-order valence-electron chi connectivity index (χ3n) is 1.90. The van der Waals surface area contributed by atoms with Crippen LogP contribution in [0.2, 0.25) is 0 Å². The Labute approximate surface area is 90.2 Å². The van der Waals surface area contributed by atoms with Gasteiger partial charge in [-0.15, -0.1) is 0 Å². The average Bonchev–Trinajstić information content (AvgIpc) is 2.16. The minimum absolute atomic E-state index is 0.181. The molecule has 0 aliphatic heterocycles. The second-order valence-corrected chi connectivity index (χ2v) is 3.76. The molecule has 0 N–H and O–H groups in total. The van der Waals surface area contributed by atoms with Crippen molar-refractivity contribution in [1.82, 2.24) is 0 Å². The summed E-state index contributed by atoms with van der Waals surface area (Å²) in [6.07, 6.45) is 1.55. The molecule has 1 unspecified atom stereocenters. The molecule has 0 rings (SSSR count). The normalized spacial score (nSPS) is 12.8. The SMILES string of the molecule is C=CC(=O)OC(C)(C)C(=O)OC(C)CC. The standard InChI is InChI=1S/C11H18O4/c1-6-8(3)14-10(13)11(4,5)15-9(12)7-2/h7-8H,2,6H2,1,3-5H3. The highest BCUT2D eigenvalue weighted by Gasteiger charge is 2.33. The molecular weight excluding hydrogens is 196 g/mol. The zero-order valence-electron chi connectivity index (χ0n) is 9.70. The summed E-state index contributed by atoms with van der Waals surface area (Å²) < 4.78 is 9.92. The smallest absolute Gasteiger partial charge is 0.350 e. The third-order valence-corrected chi connectivity index (χ3v) is 1.90. The Bertz CT molecular complexity index is 255. The molecule has 4 heteroatoms. The van der Waals surface area contributed by atoms with Gasteiger partial charge in [0.1, 0.15) is 0 Å². The Balaban J connectivity index is 4.38. The lowest BCUT2D eigenvalue weighted by Crippen LogP contribution is -2.39. The van der Waals surface area contributed by atoms with Crippen molar-refractivity contribution in [2.24, 2.45) is 0 Å². The van der Waals surface area contributed by atoms with Gasteiger partial charge in [-0.25, -0.2) is 9.59 Å². The van der Waals surface area contributed by atoms with E-state index in [0.29, 0.717) is 0 Å². The number of hydrogen-bond donors (Lipinski definition) is 0. The van der Waals surface area contributed by atoms with Crippen molar-refractivity contribution in [2.45, 2.75) is 45.8 Å². The highest BCUT2D eigenvalue weighted by molar-refractivity contribution is 5.87. The summed E-state index contributed by atoms with van der Waals surface area (Å²) in [5.41, 5.74) is -1.27. The monoisotopic (exact) mass is 214 g/mol. The van der Waals surface area contributed by atoms with Gasteiger partial charge in [-0.2, -0.15) is 0 Å². The second-order valence-electron chi connectivity index (χ2n) is 3.76. The highest BCUT2D eigenvalue weighted by atomic mass is 16.6. The lowest BCUT2D eigenvalue weighted by molar-refractivity contribution is -0.179. The topological polar surface area (TPSA) is 52.6 Å². The van der Waals surface area contributed by atoms with Gasteiger partial charge in [0.15, 0.2) is 0 Å². The van der Waals surface area contributed by atoms with Crippen molar-refractivity contribution in [2.75, 3.05) is 0 Å². The van der Waals surface area contributed by atoms with E-state index < -0.39 is 17.5 Å².